The molecule has 2 fully saturated rings. The summed E-state index contributed by atoms with van der Waals surface area (Å²) in [5, 5.41) is 11.0. The predicted molar refractivity (Wildman–Crippen MR) is 102 cm³/mol. The van der Waals surface area contributed by atoms with Crippen LogP contribution >= 0.6 is 11.3 Å². The maximum Gasteiger partial charge on any atom is 0.219 e. The number of nitrogens with zero attached hydrogens (tertiary/aromatic N) is 3. The highest BCUT2D eigenvalue weighted by molar-refractivity contribution is 7.09. The first-order chi connectivity index (χ1) is 12.6. The van der Waals surface area contributed by atoms with Crippen molar-refractivity contribution in [1.82, 2.24) is 14.8 Å². The number of fused-ring (bicyclic) bond motifs is 1. The van der Waals surface area contributed by atoms with Gasteiger partial charge in [-0.05, 0) is 12.0 Å². The molecule has 138 valence electrons. The van der Waals surface area contributed by atoms with Gasteiger partial charge in [0.2, 0.25) is 5.91 Å². The van der Waals surface area contributed by atoms with Crippen molar-refractivity contribution in [2.45, 2.75) is 38.0 Å². The lowest BCUT2D eigenvalue weighted by Crippen LogP contribution is -2.43. The molecule has 4 rings (SSSR count). The first-order valence-electron chi connectivity index (χ1n) is 9.23. The summed E-state index contributed by atoms with van der Waals surface area (Å²) in [5.41, 5.74) is 3.14. The highest BCUT2D eigenvalue weighted by Gasteiger charge is 2.47. The number of carbonyl (C=O) groups is 1. The molecule has 0 aliphatic carbocycles. The Morgan fingerprint density at radius 1 is 1.31 bits per heavy atom. The van der Waals surface area contributed by atoms with Crippen molar-refractivity contribution in [2.24, 2.45) is 5.92 Å². The Labute approximate surface area is 158 Å². The van der Waals surface area contributed by atoms with Crippen molar-refractivity contribution in [1.29, 1.82) is 0 Å². The molecule has 6 heteroatoms. The standard InChI is InChI=1S/C20H25N3O2S/c1-14(24)22-8-7-19(25)20-17(15-5-3-2-4-6-15)11-23(18(20)12-22)10-16-9-21-13-26-16/h2-6,9,13,17-20,25H,7-8,10-12H2,1H3/t17-,18+,19+,20-/m0/s1. The Hall–Kier alpha value is -1.76. The van der Waals surface area contributed by atoms with Crippen LogP contribution in [0.3, 0.4) is 0 Å². The first kappa shape index (κ1) is 17.6. The van der Waals surface area contributed by atoms with Crippen molar-refractivity contribution in [3.8, 4) is 0 Å². The molecule has 2 aromatic rings. The van der Waals surface area contributed by atoms with Crippen LogP contribution in [0.25, 0.3) is 0 Å². The predicted octanol–water partition coefficient (Wildman–Crippen LogP) is 2.34. The number of aliphatic hydroxyl groups is 1. The van der Waals surface area contributed by atoms with Gasteiger partial charge in [0.1, 0.15) is 0 Å². The third kappa shape index (κ3) is 3.41. The molecule has 2 aliphatic rings. The molecular weight excluding hydrogens is 346 g/mol. The van der Waals surface area contributed by atoms with Gasteiger partial charge in [0.25, 0.3) is 0 Å². The van der Waals surface area contributed by atoms with E-state index in [9.17, 15) is 9.90 Å². The van der Waals surface area contributed by atoms with Gasteiger partial charge >= 0.3 is 0 Å². The van der Waals surface area contributed by atoms with E-state index in [1.54, 1.807) is 18.3 Å². The highest BCUT2D eigenvalue weighted by atomic mass is 32.1. The van der Waals surface area contributed by atoms with Crippen LogP contribution < -0.4 is 0 Å². The zero-order valence-electron chi connectivity index (χ0n) is 15.0. The molecule has 3 heterocycles. The molecule has 4 atom stereocenters. The van der Waals surface area contributed by atoms with Gasteiger partial charge in [-0.3, -0.25) is 14.7 Å². The SMILES string of the molecule is CC(=O)N1CC[C@@H](O)[C@@H]2[C@@H](C1)N(Cc1cncs1)C[C@H]2c1ccccc1. The minimum Gasteiger partial charge on any atom is -0.393 e. The van der Waals surface area contributed by atoms with Crippen LogP contribution in [0.1, 0.15) is 29.7 Å². The van der Waals surface area contributed by atoms with Crippen LogP contribution in [0, 0.1) is 5.92 Å². The third-order valence-electron chi connectivity index (χ3n) is 5.87. The van der Waals surface area contributed by atoms with Crippen LogP contribution in [0.5, 0.6) is 0 Å². The van der Waals surface area contributed by atoms with Gasteiger partial charge in [0.05, 0.1) is 11.6 Å². The van der Waals surface area contributed by atoms with E-state index in [4.69, 9.17) is 0 Å². The van der Waals surface area contributed by atoms with Crippen molar-refractivity contribution < 1.29 is 9.90 Å². The zero-order valence-corrected chi connectivity index (χ0v) is 15.8. The molecule has 1 aromatic carbocycles. The fourth-order valence-electron chi connectivity index (χ4n) is 4.60. The Morgan fingerprint density at radius 2 is 2.12 bits per heavy atom. The summed E-state index contributed by atoms with van der Waals surface area (Å²) in [4.78, 5) is 21.8. The van der Waals surface area contributed by atoms with E-state index in [2.05, 4.69) is 34.1 Å². The number of hydrogen-bond acceptors (Lipinski definition) is 5. The van der Waals surface area contributed by atoms with Gasteiger partial charge < -0.3 is 10.0 Å². The van der Waals surface area contributed by atoms with Crippen LogP contribution in [-0.4, -0.2) is 57.6 Å². The van der Waals surface area contributed by atoms with E-state index in [1.807, 2.05) is 22.7 Å². The molecule has 0 bridgehead atoms. The topological polar surface area (TPSA) is 56.7 Å². The van der Waals surface area contributed by atoms with Gasteiger partial charge in [-0.1, -0.05) is 30.3 Å². The molecule has 1 aromatic heterocycles. The zero-order chi connectivity index (χ0) is 18.1. The number of thiazole rings is 1. The second kappa shape index (κ2) is 7.47. The van der Waals surface area contributed by atoms with Gasteiger partial charge in [0, 0.05) is 62.1 Å². The van der Waals surface area contributed by atoms with Crippen LogP contribution in [-0.2, 0) is 11.3 Å². The first-order valence-corrected chi connectivity index (χ1v) is 10.1. The minimum absolute atomic E-state index is 0.0961. The monoisotopic (exact) mass is 371 g/mol. The molecule has 0 radical (unpaired) electrons. The van der Waals surface area contributed by atoms with Crippen LogP contribution in [0.15, 0.2) is 42.0 Å². The average molecular weight is 372 g/mol. The fraction of sp³-hybridized carbons (Fsp3) is 0.500. The molecule has 1 amide bonds. The van der Waals surface area contributed by atoms with Gasteiger partial charge in [-0.25, -0.2) is 0 Å². The number of aliphatic hydroxyl groups excluding tert-OH is 1. The maximum absolute atomic E-state index is 12.0. The van der Waals surface area contributed by atoms with Crippen LogP contribution in [0.2, 0.25) is 0 Å². The molecule has 0 unspecified atom stereocenters. The van der Waals surface area contributed by atoms with Crippen molar-refractivity contribution >= 4 is 17.2 Å². The van der Waals surface area contributed by atoms with Crippen LogP contribution in [0.4, 0.5) is 0 Å². The lowest BCUT2D eigenvalue weighted by Gasteiger charge is -2.31. The molecule has 2 saturated heterocycles. The van der Waals surface area contributed by atoms with E-state index in [1.165, 1.54) is 10.4 Å². The number of carbonyl (C=O) groups excluding carboxylic acids is 1. The molecular formula is C20H25N3O2S. The molecule has 0 saturated carbocycles. The quantitative estimate of drug-likeness (QED) is 0.900. The molecule has 2 aliphatic heterocycles. The maximum atomic E-state index is 12.0. The lowest BCUT2D eigenvalue weighted by molar-refractivity contribution is -0.129. The Morgan fingerprint density at radius 3 is 2.81 bits per heavy atom. The van der Waals surface area contributed by atoms with E-state index < -0.39 is 0 Å². The number of benzene rings is 1. The van der Waals surface area contributed by atoms with Gasteiger partial charge in [0.15, 0.2) is 0 Å². The second-order valence-corrected chi connectivity index (χ2v) is 8.35. The molecule has 1 N–H and O–H groups in total. The summed E-state index contributed by atoms with van der Waals surface area (Å²) >= 11 is 1.66. The summed E-state index contributed by atoms with van der Waals surface area (Å²) in [6.07, 6.45) is 2.19. The number of likely N-dealkylation sites (tertiary alicyclic amines) is 2. The molecule has 5 nitrogen and oxygen atoms in total. The Bertz CT molecular complexity index is 737. The largest absolute Gasteiger partial charge is 0.393 e. The number of amides is 1. The molecule has 0 spiro atoms. The summed E-state index contributed by atoms with van der Waals surface area (Å²) in [7, 11) is 0. The minimum atomic E-state index is -0.388. The smallest absolute Gasteiger partial charge is 0.219 e. The Balaban J connectivity index is 1.67. The van der Waals surface area contributed by atoms with Gasteiger partial charge in [-0.2, -0.15) is 0 Å². The number of rotatable bonds is 3. The normalized spacial score (nSPS) is 29.4. The van der Waals surface area contributed by atoms with E-state index >= 15 is 0 Å². The lowest BCUT2D eigenvalue weighted by atomic mass is 9.81. The van der Waals surface area contributed by atoms with Crippen molar-refractivity contribution in [3.05, 3.63) is 52.5 Å². The summed E-state index contributed by atoms with van der Waals surface area (Å²) in [6, 6.07) is 10.7. The number of aromatic nitrogens is 1. The van der Waals surface area contributed by atoms with E-state index in [0.29, 0.717) is 19.5 Å². The van der Waals surface area contributed by atoms with Gasteiger partial charge in [-0.15, -0.1) is 11.3 Å². The summed E-state index contributed by atoms with van der Waals surface area (Å²) in [5.74, 6) is 0.532. The number of hydrogen-bond donors (Lipinski definition) is 1. The van der Waals surface area contributed by atoms with Crippen molar-refractivity contribution in [3.63, 3.8) is 0 Å². The summed E-state index contributed by atoms with van der Waals surface area (Å²) < 4.78 is 0. The average Bonchev–Trinajstić information content (AvgIpc) is 3.23. The molecule has 26 heavy (non-hydrogen) atoms. The summed E-state index contributed by atoms with van der Waals surface area (Å²) in [6.45, 7) is 4.69. The van der Waals surface area contributed by atoms with E-state index in [-0.39, 0.29) is 29.9 Å². The fourth-order valence-corrected chi connectivity index (χ4v) is 5.22. The Kier molecular flexibility index (Phi) is 5.07. The highest BCUT2D eigenvalue weighted by Crippen LogP contribution is 2.42. The second-order valence-electron chi connectivity index (χ2n) is 7.38. The van der Waals surface area contributed by atoms with Crippen molar-refractivity contribution in [2.75, 3.05) is 19.6 Å². The van der Waals surface area contributed by atoms with E-state index in [0.717, 1.165) is 13.1 Å². The third-order valence-corrected chi connectivity index (χ3v) is 6.64.